The second kappa shape index (κ2) is 6.93. The molecule has 0 saturated carbocycles. The van der Waals surface area contributed by atoms with Crippen molar-refractivity contribution in [3.8, 4) is 16.3 Å². The Kier molecular flexibility index (Phi) is 4.73. The minimum Gasteiger partial charge on any atom is -0.496 e. The van der Waals surface area contributed by atoms with E-state index in [9.17, 15) is 4.79 Å². The first-order valence-corrected chi connectivity index (χ1v) is 8.79. The molecule has 2 heterocycles. The number of methoxy groups -OCH3 is 1. The number of carbonyl (C=O) groups excluding carboxylic acids is 1. The molecule has 1 amide bonds. The summed E-state index contributed by atoms with van der Waals surface area (Å²) in [6.07, 6.45) is 0. The van der Waals surface area contributed by atoms with Gasteiger partial charge in [0.05, 0.1) is 34.8 Å². The van der Waals surface area contributed by atoms with Crippen molar-refractivity contribution in [3.05, 3.63) is 57.2 Å². The Balaban J connectivity index is 1.67. The SMILES string of the molecule is COc1ccccc1C(=O)NCc1ccc(-c2csc(C)n2)s1. The van der Waals surface area contributed by atoms with Crippen molar-refractivity contribution in [3.63, 3.8) is 0 Å². The number of ether oxygens (including phenoxy) is 1. The molecule has 0 spiro atoms. The third-order valence-electron chi connectivity index (χ3n) is 3.31. The quantitative estimate of drug-likeness (QED) is 0.757. The highest BCUT2D eigenvalue weighted by Crippen LogP contribution is 2.29. The number of aryl methyl sites for hydroxylation is 1. The van der Waals surface area contributed by atoms with E-state index in [1.807, 2.05) is 31.2 Å². The normalized spacial score (nSPS) is 10.5. The molecule has 0 atom stereocenters. The third-order valence-corrected chi connectivity index (χ3v) is 5.19. The number of aromatic nitrogens is 1. The van der Waals surface area contributed by atoms with Gasteiger partial charge < -0.3 is 10.1 Å². The van der Waals surface area contributed by atoms with Gasteiger partial charge in [-0.3, -0.25) is 4.79 Å². The molecule has 1 N–H and O–H groups in total. The number of nitrogens with one attached hydrogen (secondary N) is 1. The molecule has 1 aromatic carbocycles. The number of rotatable bonds is 5. The Morgan fingerprint density at radius 3 is 2.83 bits per heavy atom. The smallest absolute Gasteiger partial charge is 0.255 e. The van der Waals surface area contributed by atoms with E-state index in [4.69, 9.17) is 4.74 Å². The number of hydrogen-bond acceptors (Lipinski definition) is 5. The van der Waals surface area contributed by atoms with Crippen LogP contribution >= 0.6 is 22.7 Å². The average Bonchev–Trinajstić information content (AvgIpc) is 3.21. The van der Waals surface area contributed by atoms with E-state index in [0.29, 0.717) is 17.9 Å². The van der Waals surface area contributed by atoms with Gasteiger partial charge in [0.2, 0.25) is 0 Å². The molecule has 0 fully saturated rings. The van der Waals surface area contributed by atoms with Crippen LogP contribution in [0.4, 0.5) is 0 Å². The maximum Gasteiger partial charge on any atom is 0.255 e. The van der Waals surface area contributed by atoms with Gasteiger partial charge >= 0.3 is 0 Å². The predicted octanol–water partition coefficient (Wildman–Crippen LogP) is 4.12. The summed E-state index contributed by atoms with van der Waals surface area (Å²) in [6, 6.07) is 11.3. The predicted molar refractivity (Wildman–Crippen MR) is 94.3 cm³/mol. The maximum absolute atomic E-state index is 12.3. The average molecular weight is 344 g/mol. The second-order valence-corrected chi connectivity index (χ2v) is 7.13. The standard InChI is InChI=1S/C17H16N2O2S2/c1-11-19-14(10-22-11)16-8-7-12(23-16)9-18-17(20)13-5-3-4-6-15(13)21-2/h3-8,10H,9H2,1-2H3,(H,18,20). The molecule has 0 aliphatic carbocycles. The van der Waals surface area contributed by atoms with Gasteiger partial charge in [-0.25, -0.2) is 4.98 Å². The lowest BCUT2D eigenvalue weighted by atomic mass is 10.2. The zero-order valence-corrected chi connectivity index (χ0v) is 14.5. The van der Waals surface area contributed by atoms with Gasteiger partial charge in [0, 0.05) is 10.3 Å². The van der Waals surface area contributed by atoms with Crippen molar-refractivity contribution in [1.29, 1.82) is 0 Å². The topological polar surface area (TPSA) is 51.2 Å². The molecule has 3 aromatic rings. The molecule has 0 radical (unpaired) electrons. The van der Waals surface area contributed by atoms with Crippen LogP contribution in [0.3, 0.4) is 0 Å². The van der Waals surface area contributed by atoms with Gasteiger partial charge in [0.1, 0.15) is 5.75 Å². The highest BCUT2D eigenvalue weighted by Gasteiger charge is 2.12. The number of benzene rings is 1. The van der Waals surface area contributed by atoms with Crippen LogP contribution in [0.5, 0.6) is 5.75 Å². The Labute approximate surface area is 142 Å². The minimum atomic E-state index is -0.137. The lowest BCUT2D eigenvalue weighted by Gasteiger charge is -2.08. The number of thiazole rings is 1. The molecule has 118 valence electrons. The molecule has 0 bridgehead atoms. The van der Waals surface area contributed by atoms with Crippen molar-refractivity contribution in [2.45, 2.75) is 13.5 Å². The van der Waals surface area contributed by atoms with Crippen molar-refractivity contribution in [1.82, 2.24) is 10.3 Å². The fourth-order valence-corrected chi connectivity index (χ4v) is 3.78. The molecule has 0 aliphatic rings. The van der Waals surface area contributed by atoms with E-state index in [0.717, 1.165) is 20.5 Å². The van der Waals surface area contributed by atoms with Crippen LogP contribution in [0.15, 0.2) is 41.8 Å². The molecule has 6 heteroatoms. The second-order valence-electron chi connectivity index (χ2n) is 4.90. The molecular formula is C17H16N2O2S2. The Hall–Kier alpha value is -2.18. The number of hydrogen-bond donors (Lipinski definition) is 1. The van der Waals surface area contributed by atoms with Crippen molar-refractivity contribution < 1.29 is 9.53 Å². The van der Waals surface area contributed by atoms with Crippen LogP contribution in [0.25, 0.3) is 10.6 Å². The maximum atomic E-state index is 12.3. The number of para-hydroxylation sites is 1. The molecular weight excluding hydrogens is 328 g/mol. The molecule has 4 nitrogen and oxygen atoms in total. The molecule has 3 rings (SSSR count). The summed E-state index contributed by atoms with van der Waals surface area (Å²) in [6.45, 7) is 2.49. The fraction of sp³-hybridized carbons (Fsp3) is 0.176. The largest absolute Gasteiger partial charge is 0.496 e. The van der Waals surface area contributed by atoms with Crippen molar-refractivity contribution >= 4 is 28.6 Å². The van der Waals surface area contributed by atoms with E-state index in [1.165, 1.54) is 0 Å². The van der Waals surface area contributed by atoms with Crippen molar-refractivity contribution in [2.75, 3.05) is 7.11 Å². The van der Waals surface area contributed by atoms with Crippen LogP contribution in [0.1, 0.15) is 20.2 Å². The Morgan fingerprint density at radius 1 is 1.26 bits per heavy atom. The van der Waals surface area contributed by atoms with E-state index < -0.39 is 0 Å². The molecule has 0 aliphatic heterocycles. The summed E-state index contributed by atoms with van der Waals surface area (Å²) in [7, 11) is 1.56. The minimum absolute atomic E-state index is 0.137. The number of carbonyl (C=O) groups is 1. The van der Waals surface area contributed by atoms with Crippen LogP contribution in [-0.4, -0.2) is 18.0 Å². The number of nitrogens with zero attached hydrogens (tertiary/aromatic N) is 1. The highest BCUT2D eigenvalue weighted by molar-refractivity contribution is 7.16. The lowest BCUT2D eigenvalue weighted by molar-refractivity contribution is 0.0948. The Morgan fingerprint density at radius 2 is 2.09 bits per heavy atom. The summed E-state index contributed by atoms with van der Waals surface area (Å²) in [4.78, 5) is 19.0. The summed E-state index contributed by atoms with van der Waals surface area (Å²) in [5.74, 6) is 0.441. The molecule has 2 aromatic heterocycles. The summed E-state index contributed by atoms with van der Waals surface area (Å²) >= 11 is 3.28. The summed E-state index contributed by atoms with van der Waals surface area (Å²) in [5.41, 5.74) is 1.54. The third kappa shape index (κ3) is 3.60. The van der Waals surface area contributed by atoms with E-state index in [-0.39, 0.29) is 5.91 Å². The number of thiophene rings is 1. The van der Waals surface area contributed by atoms with Gasteiger partial charge in [-0.1, -0.05) is 12.1 Å². The summed E-state index contributed by atoms with van der Waals surface area (Å²) in [5, 5.41) is 6.04. The van der Waals surface area contributed by atoms with Gasteiger partial charge in [-0.15, -0.1) is 22.7 Å². The van der Waals surface area contributed by atoms with Crippen LogP contribution in [0.2, 0.25) is 0 Å². The first-order chi connectivity index (χ1) is 11.2. The van der Waals surface area contributed by atoms with Crippen LogP contribution < -0.4 is 10.1 Å². The fourth-order valence-electron chi connectivity index (χ4n) is 2.18. The first kappa shape index (κ1) is 15.7. The Bertz CT molecular complexity index is 823. The summed E-state index contributed by atoms with van der Waals surface area (Å²) < 4.78 is 5.22. The van der Waals surface area contributed by atoms with Crippen molar-refractivity contribution in [2.24, 2.45) is 0 Å². The monoisotopic (exact) mass is 344 g/mol. The zero-order chi connectivity index (χ0) is 16.2. The molecule has 0 saturated heterocycles. The van der Waals surface area contributed by atoms with Gasteiger partial charge in [0.15, 0.2) is 0 Å². The van der Waals surface area contributed by atoms with Gasteiger partial charge in [0.25, 0.3) is 5.91 Å². The van der Waals surface area contributed by atoms with Crippen LogP contribution in [0, 0.1) is 6.92 Å². The molecule has 23 heavy (non-hydrogen) atoms. The van der Waals surface area contributed by atoms with Gasteiger partial charge in [-0.2, -0.15) is 0 Å². The van der Waals surface area contributed by atoms with E-state index in [1.54, 1.807) is 41.9 Å². The van der Waals surface area contributed by atoms with E-state index >= 15 is 0 Å². The first-order valence-electron chi connectivity index (χ1n) is 7.10. The van der Waals surface area contributed by atoms with Gasteiger partial charge in [-0.05, 0) is 31.2 Å². The zero-order valence-electron chi connectivity index (χ0n) is 12.8. The highest BCUT2D eigenvalue weighted by atomic mass is 32.1. The number of amides is 1. The molecule has 0 unspecified atom stereocenters. The van der Waals surface area contributed by atoms with E-state index in [2.05, 4.69) is 15.7 Å². The lowest BCUT2D eigenvalue weighted by Crippen LogP contribution is -2.22. The van der Waals surface area contributed by atoms with Crippen LogP contribution in [-0.2, 0) is 6.54 Å².